The van der Waals surface area contributed by atoms with Gasteiger partial charge >= 0.3 is 6.18 Å². The molecule has 0 spiro atoms. The highest BCUT2D eigenvalue weighted by Crippen LogP contribution is 2.34. The van der Waals surface area contributed by atoms with E-state index in [0.29, 0.717) is 11.3 Å². The summed E-state index contributed by atoms with van der Waals surface area (Å²) in [6, 6.07) is 11.3. The van der Waals surface area contributed by atoms with Gasteiger partial charge in [0.2, 0.25) is 5.91 Å². The first-order valence-corrected chi connectivity index (χ1v) is 13.0. The minimum Gasteiger partial charge on any atom is -0.489 e. The average molecular weight is 592 g/mol. The van der Waals surface area contributed by atoms with E-state index in [0.717, 1.165) is 24.3 Å². The molecule has 3 aromatic carbocycles. The molecular formula is C29H26ClF4N3O4. The van der Waals surface area contributed by atoms with E-state index in [9.17, 15) is 31.9 Å². The third-order valence-electron chi connectivity index (χ3n) is 6.44. The second-order valence-electron chi connectivity index (χ2n) is 9.65. The van der Waals surface area contributed by atoms with Crippen LogP contribution < -0.4 is 20.3 Å². The minimum atomic E-state index is -4.81. The van der Waals surface area contributed by atoms with Crippen LogP contribution in [0.25, 0.3) is 0 Å². The lowest BCUT2D eigenvalue weighted by molar-refractivity contribution is -0.138. The molecule has 3 amide bonds. The molecule has 2 atom stereocenters. The number of nitrogens with one attached hydrogen (secondary N) is 2. The molecule has 3 aromatic rings. The number of rotatable bonds is 7. The number of ether oxygens (including phenoxy) is 1. The van der Waals surface area contributed by atoms with Crippen molar-refractivity contribution in [1.29, 1.82) is 0 Å². The first-order chi connectivity index (χ1) is 19.4. The fraction of sp³-hybridized carbons (Fsp3) is 0.276. The molecule has 0 aliphatic carbocycles. The number of nitrogens with zero attached hydrogens (tertiary/aromatic N) is 1. The van der Waals surface area contributed by atoms with E-state index >= 15 is 0 Å². The smallest absolute Gasteiger partial charge is 0.417 e. The van der Waals surface area contributed by atoms with Crippen molar-refractivity contribution >= 4 is 35.0 Å². The fourth-order valence-electron chi connectivity index (χ4n) is 4.50. The van der Waals surface area contributed by atoms with Gasteiger partial charge in [-0.3, -0.25) is 14.4 Å². The maximum atomic E-state index is 13.9. The van der Waals surface area contributed by atoms with Crippen LogP contribution in [0.2, 0.25) is 5.02 Å². The summed E-state index contributed by atoms with van der Waals surface area (Å²) in [5.41, 5.74) is -1.09. The van der Waals surface area contributed by atoms with Gasteiger partial charge in [0.25, 0.3) is 11.8 Å². The molecule has 0 radical (unpaired) electrons. The van der Waals surface area contributed by atoms with Crippen molar-refractivity contribution in [3.8, 4) is 5.75 Å². The third kappa shape index (κ3) is 6.79. The molecule has 0 aromatic heterocycles. The van der Waals surface area contributed by atoms with Crippen molar-refractivity contribution in [2.24, 2.45) is 0 Å². The monoisotopic (exact) mass is 591 g/mol. The Morgan fingerprint density at radius 3 is 2.44 bits per heavy atom. The van der Waals surface area contributed by atoms with Gasteiger partial charge in [-0.2, -0.15) is 13.2 Å². The molecule has 12 heteroatoms. The second-order valence-corrected chi connectivity index (χ2v) is 10.1. The number of alkyl halides is 3. The van der Waals surface area contributed by atoms with Crippen molar-refractivity contribution in [3.63, 3.8) is 0 Å². The minimum absolute atomic E-state index is 0.105. The molecule has 1 aliphatic rings. The lowest BCUT2D eigenvalue weighted by Crippen LogP contribution is -2.57. The average Bonchev–Trinajstić information content (AvgIpc) is 3.04. The van der Waals surface area contributed by atoms with E-state index in [1.165, 1.54) is 23.1 Å². The van der Waals surface area contributed by atoms with Crippen LogP contribution in [0.4, 0.5) is 23.2 Å². The number of hydrogen-bond donors (Lipinski definition) is 2. The van der Waals surface area contributed by atoms with Gasteiger partial charge in [0.05, 0.1) is 16.8 Å². The molecular weight excluding hydrogens is 566 g/mol. The normalized spacial score (nSPS) is 16.0. The maximum Gasteiger partial charge on any atom is 0.417 e. The highest BCUT2D eigenvalue weighted by Gasteiger charge is 2.38. The summed E-state index contributed by atoms with van der Waals surface area (Å²) >= 11 is 6.26. The first-order valence-electron chi connectivity index (χ1n) is 12.6. The summed E-state index contributed by atoms with van der Waals surface area (Å²) in [5.74, 6) is -3.02. The van der Waals surface area contributed by atoms with Gasteiger partial charge in [0, 0.05) is 23.6 Å². The summed E-state index contributed by atoms with van der Waals surface area (Å²) < 4.78 is 60.3. The van der Waals surface area contributed by atoms with Crippen LogP contribution in [0.15, 0.2) is 66.7 Å². The summed E-state index contributed by atoms with van der Waals surface area (Å²) in [4.78, 5) is 41.5. The molecule has 0 fully saturated rings. The van der Waals surface area contributed by atoms with Gasteiger partial charge in [-0.1, -0.05) is 41.9 Å². The van der Waals surface area contributed by atoms with Gasteiger partial charge in [-0.05, 0) is 49.7 Å². The Labute approximate surface area is 238 Å². The zero-order valence-electron chi connectivity index (χ0n) is 22.0. The summed E-state index contributed by atoms with van der Waals surface area (Å²) in [6.45, 7) is 3.11. The molecule has 7 nitrogen and oxygen atoms in total. The van der Waals surface area contributed by atoms with E-state index in [1.807, 2.05) is 0 Å². The number of halogens is 5. The number of anilines is 1. The Kier molecular flexibility index (Phi) is 8.86. The Balaban J connectivity index is 1.63. The van der Waals surface area contributed by atoms with Crippen molar-refractivity contribution in [1.82, 2.24) is 10.6 Å². The summed E-state index contributed by atoms with van der Waals surface area (Å²) in [6.07, 6.45) is -5.00. The molecule has 0 saturated carbocycles. The standard InChI is InChI=1S/C29H26ClF4N3O4/c1-16(2)37-24-12-11-18(31)14-25(24)41-15-23(28(37)40)36-27(39)22(13-17-7-3-6-10-21(17)30)35-26(38)19-8-4-5-9-20(19)29(32,33)34/h3-12,14,16,22-23H,13,15H2,1-2H3,(H,35,38)(H,36,39)/t22-,23-/m1/s1. The zero-order valence-corrected chi connectivity index (χ0v) is 22.7. The molecule has 2 N–H and O–H groups in total. The molecule has 216 valence electrons. The number of carbonyl (C=O) groups is 3. The van der Waals surface area contributed by atoms with Crippen LogP contribution in [0.1, 0.15) is 35.3 Å². The maximum absolute atomic E-state index is 13.9. The molecule has 0 saturated heterocycles. The fourth-order valence-corrected chi connectivity index (χ4v) is 4.71. The van der Waals surface area contributed by atoms with E-state index in [-0.39, 0.29) is 23.8 Å². The predicted octanol–water partition coefficient (Wildman–Crippen LogP) is 5.16. The summed E-state index contributed by atoms with van der Waals surface area (Å²) in [7, 11) is 0. The largest absolute Gasteiger partial charge is 0.489 e. The van der Waals surface area contributed by atoms with E-state index in [4.69, 9.17) is 16.3 Å². The number of benzene rings is 3. The number of amides is 3. The first kappa shape index (κ1) is 29.9. The van der Waals surface area contributed by atoms with Gasteiger partial charge in [-0.15, -0.1) is 0 Å². The Hall–Kier alpha value is -4.12. The molecule has 1 heterocycles. The van der Waals surface area contributed by atoms with Gasteiger partial charge < -0.3 is 20.3 Å². The lowest BCUT2D eigenvalue weighted by atomic mass is 10.0. The van der Waals surface area contributed by atoms with E-state index in [1.54, 1.807) is 38.1 Å². The van der Waals surface area contributed by atoms with Crippen molar-refractivity contribution in [2.45, 2.75) is 44.6 Å². The van der Waals surface area contributed by atoms with Crippen LogP contribution in [0.3, 0.4) is 0 Å². The Morgan fingerprint density at radius 2 is 1.76 bits per heavy atom. The molecule has 41 heavy (non-hydrogen) atoms. The predicted molar refractivity (Wildman–Crippen MR) is 144 cm³/mol. The highest BCUT2D eigenvalue weighted by atomic mass is 35.5. The number of carbonyl (C=O) groups excluding carboxylic acids is 3. The Morgan fingerprint density at radius 1 is 1.07 bits per heavy atom. The Bertz CT molecular complexity index is 1460. The van der Waals surface area contributed by atoms with Gasteiger partial charge in [0.15, 0.2) is 0 Å². The molecule has 1 aliphatic heterocycles. The summed E-state index contributed by atoms with van der Waals surface area (Å²) in [5, 5.41) is 5.20. The van der Waals surface area contributed by atoms with Crippen molar-refractivity contribution in [2.75, 3.05) is 11.5 Å². The van der Waals surface area contributed by atoms with Gasteiger partial charge in [-0.25, -0.2) is 4.39 Å². The quantitative estimate of drug-likeness (QED) is 0.372. The molecule has 4 rings (SSSR count). The number of hydrogen-bond acceptors (Lipinski definition) is 4. The molecule has 0 bridgehead atoms. The van der Waals surface area contributed by atoms with Crippen LogP contribution in [0.5, 0.6) is 5.75 Å². The van der Waals surface area contributed by atoms with Crippen LogP contribution in [-0.4, -0.2) is 42.5 Å². The molecule has 0 unspecified atom stereocenters. The van der Waals surface area contributed by atoms with Crippen LogP contribution in [-0.2, 0) is 22.2 Å². The number of fused-ring (bicyclic) bond motifs is 1. The van der Waals surface area contributed by atoms with Crippen LogP contribution in [0, 0.1) is 5.82 Å². The highest BCUT2D eigenvalue weighted by molar-refractivity contribution is 6.31. The van der Waals surface area contributed by atoms with E-state index in [2.05, 4.69) is 10.6 Å². The second kappa shape index (κ2) is 12.2. The van der Waals surface area contributed by atoms with Crippen LogP contribution >= 0.6 is 11.6 Å². The van der Waals surface area contributed by atoms with Crippen molar-refractivity contribution in [3.05, 3.63) is 94.3 Å². The zero-order chi connectivity index (χ0) is 29.9. The SMILES string of the molecule is CC(C)N1C(=O)[C@H](NC(=O)[C@@H](Cc2ccccc2Cl)NC(=O)c2ccccc2C(F)(F)F)COc2cc(F)ccc21. The lowest BCUT2D eigenvalue weighted by Gasteiger charge is -2.29. The van der Waals surface area contributed by atoms with Crippen molar-refractivity contribution < 1.29 is 36.7 Å². The third-order valence-corrected chi connectivity index (χ3v) is 6.80. The van der Waals surface area contributed by atoms with Gasteiger partial charge in [0.1, 0.15) is 30.3 Å². The van der Waals surface area contributed by atoms with E-state index < -0.39 is 59.0 Å². The topological polar surface area (TPSA) is 87.7 Å².